The Morgan fingerprint density at radius 3 is 2.57 bits per heavy atom. The average molecular weight is 389 g/mol. The van der Waals surface area contributed by atoms with Gasteiger partial charge in [-0.05, 0) is 50.7 Å². The summed E-state index contributed by atoms with van der Waals surface area (Å²) in [7, 11) is 1.64. The molecule has 0 aliphatic carbocycles. The predicted molar refractivity (Wildman–Crippen MR) is 107 cm³/mol. The molecule has 3 aliphatic rings. The van der Waals surface area contributed by atoms with E-state index in [9.17, 15) is 4.79 Å². The Kier molecular flexibility index (Phi) is 6.37. The van der Waals surface area contributed by atoms with Crippen molar-refractivity contribution in [3.8, 4) is 11.5 Å². The zero-order chi connectivity index (χ0) is 19.3. The van der Waals surface area contributed by atoms with Crippen molar-refractivity contribution >= 4 is 5.91 Å². The van der Waals surface area contributed by atoms with Gasteiger partial charge >= 0.3 is 0 Å². The third kappa shape index (κ3) is 4.61. The summed E-state index contributed by atoms with van der Waals surface area (Å²) in [5.41, 5.74) is 0.657. The Morgan fingerprint density at radius 2 is 1.89 bits per heavy atom. The van der Waals surface area contributed by atoms with Crippen LogP contribution < -0.4 is 9.47 Å². The number of methoxy groups -OCH3 is 1. The Balaban J connectivity index is 1.38. The maximum atomic E-state index is 12.9. The maximum absolute atomic E-state index is 12.9. The third-order valence-electron chi connectivity index (χ3n) is 6.13. The average Bonchev–Trinajstić information content (AvgIpc) is 3.43. The van der Waals surface area contributed by atoms with Crippen LogP contribution in [0, 0.1) is 0 Å². The van der Waals surface area contributed by atoms with Crippen LogP contribution in [-0.4, -0.2) is 74.4 Å². The molecule has 154 valence electrons. The Labute approximate surface area is 167 Å². The summed E-state index contributed by atoms with van der Waals surface area (Å²) < 4.78 is 17.5. The van der Waals surface area contributed by atoms with Crippen LogP contribution in [0.1, 0.15) is 48.9 Å². The van der Waals surface area contributed by atoms with E-state index in [1.165, 1.54) is 12.8 Å². The lowest BCUT2D eigenvalue weighted by molar-refractivity contribution is 0.0434. The van der Waals surface area contributed by atoms with Gasteiger partial charge in [-0.15, -0.1) is 0 Å². The molecule has 1 aromatic rings. The molecular formula is C22H32N2O4. The fourth-order valence-electron chi connectivity index (χ4n) is 4.46. The standard InChI is InChI=1S/C22H32N2O4/c1-26-18-6-7-20(22(25)24-10-2-3-11-24)21(15-18)28-17-8-12-23(13-9-17)16-19-5-4-14-27-19/h6-7,15,17,19H,2-5,8-14,16H2,1H3/t19-/m0/s1. The van der Waals surface area contributed by atoms with Gasteiger partial charge in [-0.25, -0.2) is 0 Å². The van der Waals surface area contributed by atoms with E-state index >= 15 is 0 Å². The minimum atomic E-state index is 0.0750. The highest BCUT2D eigenvalue weighted by atomic mass is 16.5. The molecule has 3 aliphatic heterocycles. The molecule has 0 unspecified atom stereocenters. The van der Waals surface area contributed by atoms with Gasteiger partial charge in [0.2, 0.25) is 0 Å². The van der Waals surface area contributed by atoms with Gasteiger partial charge in [-0.2, -0.15) is 0 Å². The smallest absolute Gasteiger partial charge is 0.257 e. The molecule has 0 radical (unpaired) electrons. The van der Waals surface area contributed by atoms with Crippen LogP contribution in [0.25, 0.3) is 0 Å². The van der Waals surface area contributed by atoms with Gasteiger partial charge in [0.1, 0.15) is 17.6 Å². The van der Waals surface area contributed by atoms with Crippen molar-refractivity contribution in [3.05, 3.63) is 23.8 Å². The SMILES string of the molecule is COc1ccc(C(=O)N2CCCC2)c(OC2CCN(C[C@@H]3CCCO3)CC2)c1. The fraction of sp³-hybridized carbons (Fsp3) is 0.682. The summed E-state index contributed by atoms with van der Waals surface area (Å²) in [4.78, 5) is 17.4. The van der Waals surface area contributed by atoms with Crippen LogP contribution >= 0.6 is 0 Å². The van der Waals surface area contributed by atoms with E-state index in [0.29, 0.717) is 17.4 Å². The Morgan fingerprint density at radius 1 is 1.11 bits per heavy atom. The molecule has 1 aromatic carbocycles. The molecule has 0 bridgehead atoms. The molecule has 3 fully saturated rings. The van der Waals surface area contributed by atoms with Gasteiger partial charge in [0, 0.05) is 45.4 Å². The fourth-order valence-corrected chi connectivity index (χ4v) is 4.46. The highest BCUT2D eigenvalue weighted by molar-refractivity contribution is 5.97. The highest BCUT2D eigenvalue weighted by Gasteiger charge is 2.27. The Bertz CT molecular complexity index is 661. The number of benzene rings is 1. The van der Waals surface area contributed by atoms with Crippen LogP contribution in [0.4, 0.5) is 0 Å². The van der Waals surface area contributed by atoms with Crippen molar-refractivity contribution in [2.75, 3.05) is 46.4 Å². The minimum absolute atomic E-state index is 0.0750. The minimum Gasteiger partial charge on any atom is -0.497 e. The number of hydrogen-bond donors (Lipinski definition) is 0. The van der Waals surface area contributed by atoms with E-state index in [-0.39, 0.29) is 12.0 Å². The van der Waals surface area contributed by atoms with Gasteiger partial charge in [0.05, 0.1) is 18.8 Å². The number of ether oxygens (including phenoxy) is 3. The van der Waals surface area contributed by atoms with Gasteiger partial charge in [0.25, 0.3) is 5.91 Å². The largest absolute Gasteiger partial charge is 0.497 e. The van der Waals surface area contributed by atoms with E-state index in [1.54, 1.807) is 7.11 Å². The molecule has 0 spiro atoms. The summed E-state index contributed by atoms with van der Waals surface area (Å²) in [6, 6.07) is 5.56. The summed E-state index contributed by atoms with van der Waals surface area (Å²) in [6.07, 6.45) is 7.03. The second-order valence-corrected chi connectivity index (χ2v) is 8.11. The van der Waals surface area contributed by atoms with Crippen LogP contribution in [0.15, 0.2) is 18.2 Å². The normalized spacial score (nSPS) is 23.9. The first kappa shape index (κ1) is 19.5. The summed E-state index contributed by atoms with van der Waals surface area (Å²) in [6.45, 7) is 5.66. The maximum Gasteiger partial charge on any atom is 0.257 e. The van der Waals surface area contributed by atoms with Crippen LogP contribution in [0.2, 0.25) is 0 Å². The summed E-state index contributed by atoms with van der Waals surface area (Å²) in [5.74, 6) is 1.46. The van der Waals surface area contributed by atoms with Crippen LogP contribution in [-0.2, 0) is 4.74 Å². The summed E-state index contributed by atoms with van der Waals surface area (Å²) >= 11 is 0. The third-order valence-corrected chi connectivity index (χ3v) is 6.13. The molecule has 6 heteroatoms. The molecule has 0 aromatic heterocycles. The predicted octanol–water partition coefficient (Wildman–Crippen LogP) is 2.95. The van der Waals surface area contributed by atoms with Crippen molar-refractivity contribution in [3.63, 3.8) is 0 Å². The van der Waals surface area contributed by atoms with Crippen molar-refractivity contribution in [1.82, 2.24) is 9.80 Å². The topological polar surface area (TPSA) is 51.2 Å². The lowest BCUT2D eigenvalue weighted by atomic mass is 10.1. The molecule has 1 atom stereocenters. The van der Waals surface area contributed by atoms with Gasteiger partial charge in [-0.3, -0.25) is 4.79 Å². The van der Waals surface area contributed by atoms with E-state index in [4.69, 9.17) is 14.2 Å². The Hall–Kier alpha value is -1.79. The van der Waals surface area contributed by atoms with Crippen molar-refractivity contribution in [2.45, 2.75) is 50.7 Å². The van der Waals surface area contributed by atoms with E-state index in [0.717, 1.165) is 70.8 Å². The highest BCUT2D eigenvalue weighted by Crippen LogP contribution is 2.30. The number of carbonyl (C=O) groups excluding carboxylic acids is 1. The first-order valence-corrected chi connectivity index (χ1v) is 10.7. The molecule has 4 rings (SSSR count). The first-order valence-electron chi connectivity index (χ1n) is 10.7. The molecule has 0 N–H and O–H groups in total. The lowest BCUT2D eigenvalue weighted by Crippen LogP contribution is -2.42. The number of piperidine rings is 1. The lowest BCUT2D eigenvalue weighted by Gasteiger charge is -2.33. The number of carbonyl (C=O) groups is 1. The van der Waals surface area contributed by atoms with Gasteiger partial charge in [0.15, 0.2) is 0 Å². The molecule has 0 saturated carbocycles. The number of rotatable bonds is 6. The van der Waals surface area contributed by atoms with Gasteiger partial charge in [-0.1, -0.05) is 0 Å². The van der Waals surface area contributed by atoms with Crippen LogP contribution in [0.3, 0.4) is 0 Å². The molecule has 1 amide bonds. The van der Waals surface area contributed by atoms with Crippen molar-refractivity contribution in [2.24, 2.45) is 0 Å². The number of likely N-dealkylation sites (tertiary alicyclic amines) is 2. The second kappa shape index (κ2) is 9.14. The zero-order valence-corrected chi connectivity index (χ0v) is 16.9. The number of nitrogens with zero attached hydrogens (tertiary/aromatic N) is 2. The summed E-state index contributed by atoms with van der Waals surface area (Å²) in [5, 5.41) is 0. The number of hydrogen-bond acceptors (Lipinski definition) is 5. The number of amides is 1. The molecule has 6 nitrogen and oxygen atoms in total. The molecule has 3 heterocycles. The van der Waals surface area contributed by atoms with Crippen LogP contribution in [0.5, 0.6) is 11.5 Å². The first-order chi connectivity index (χ1) is 13.7. The molecule has 3 saturated heterocycles. The molecule has 28 heavy (non-hydrogen) atoms. The second-order valence-electron chi connectivity index (χ2n) is 8.11. The monoisotopic (exact) mass is 388 g/mol. The van der Waals surface area contributed by atoms with Crippen molar-refractivity contribution in [1.29, 1.82) is 0 Å². The van der Waals surface area contributed by atoms with Crippen molar-refractivity contribution < 1.29 is 19.0 Å². The van der Waals surface area contributed by atoms with E-state index < -0.39 is 0 Å². The van der Waals surface area contributed by atoms with E-state index in [2.05, 4.69) is 4.90 Å². The quantitative estimate of drug-likeness (QED) is 0.750. The zero-order valence-electron chi connectivity index (χ0n) is 16.9. The van der Waals surface area contributed by atoms with Gasteiger partial charge < -0.3 is 24.0 Å². The molecular weight excluding hydrogens is 356 g/mol. The van der Waals surface area contributed by atoms with E-state index in [1.807, 2.05) is 23.1 Å².